The van der Waals surface area contributed by atoms with Crippen molar-refractivity contribution < 1.29 is 14.1 Å². The van der Waals surface area contributed by atoms with Gasteiger partial charge in [-0.05, 0) is 24.3 Å². The molecule has 112 valence electrons. The Hall–Kier alpha value is -2.51. The normalized spacial score (nSPS) is 12.1. The molecule has 22 heavy (non-hydrogen) atoms. The lowest BCUT2D eigenvalue weighted by Gasteiger charge is -2.10. The van der Waals surface area contributed by atoms with E-state index in [0.29, 0.717) is 15.9 Å². The molecule has 0 bridgehead atoms. The summed E-state index contributed by atoms with van der Waals surface area (Å²) in [6, 6.07) is 14.5. The minimum Gasteiger partial charge on any atom is -0.606 e. The zero-order chi connectivity index (χ0) is 15.5. The molecule has 0 aliphatic heterocycles. The fraction of sp³-hybridized carbons (Fsp3) is 0.0667. The molecule has 1 N–H and O–H groups in total. The number of fused-ring (bicyclic) bond motifs is 1. The maximum atomic E-state index is 12.5. The van der Waals surface area contributed by atoms with Crippen LogP contribution < -0.4 is 5.43 Å². The predicted octanol–water partition coefficient (Wildman–Crippen LogP) is 2.51. The lowest BCUT2D eigenvalue weighted by molar-refractivity contribution is 0.183. The van der Waals surface area contributed by atoms with Crippen LogP contribution in [-0.4, -0.2) is 27.4 Å². The molecule has 0 saturated heterocycles. The van der Waals surface area contributed by atoms with Crippen LogP contribution in [0.3, 0.4) is 0 Å². The SMILES string of the molecule is COC(=O)Nn1cnc2cc([S+]([O-])c3ccccc3)ccc21. The van der Waals surface area contributed by atoms with Crippen molar-refractivity contribution >= 4 is 28.3 Å². The van der Waals surface area contributed by atoms with Gasteiger partial charge in [-0.25, -0.2) is 19.9 Å². The highest BCUT2D eigenvalue weighted by Crippen LogP contribution is 2.23. The van der Waals surface area contributed by atoms with Crippen molar-refractivity contribution in [2.75, 3.05) is 12.5 Å². The average molecular weight is 315 g/mol. The molecule has 2 aromatic carbocycles. The number of benzene rings is 2. The maximum absolute atomic E-state index is 12.5. The lowest BCUT2D eigenvalue weighted by atomic mass is 10.3. The van der Waals surface area contributed by atoms with E-state index < -0.39 is 17.3 Å². The van der Waals surface area contributed by atoms with Gasteiger partial charge in [-0.1, -0.05) is 18.2 Å². The Morgan fingerprint density at radius 3 is 2.73 bits per heavy atom. The van der Waals surface area contributed by atoms with E-state index in [4.69, 9.17) is 0 Å². The molecule has 7 heteroatoms. The van der Waals surface area contributed by atoms with E-state index in [1.807, 2.05) is 30.3 Å². The van der Waals surface area contributed by atoms with Gasteiger partial charge in [-0.2, -0.15) is 0 Å². The summed E-state index contributed by atoms with van der Waals surface area (Å²) in [7, 11) is 1.29. The van der Waals surface area contributed by atoms with E-state index >= 15 is 0 Å². The van der Waals surface area contributed by atoms with Crippen molar-refractivity contribution in [1.29, 1.82) is 0 Å². The molecule has 3 rings (SSSR count). The van der Waals surface area contributed by atoms with Crippen LogP contribution in [0.25, 0.3) is 11.0 Å². The van der Waals surface area contributed by atoms with Crippen molar-refractivity contribution in [2.24, 2.45) is 0 Å². The average Bonchev–Trinajstić information content (AvgIpc) is 2.97. The zero-order valence-corrected chi connectivity index (χ0v) is 12.5. The Kier molecular flexibility index (Phi) is 3.99. The van der Waals surface area contributed by atoms with Gasteiger partial charge in [0, 0.05) is 17.2 Å². The summed E-state index contributed by atoms with van der Waals surface area (Å²) < 4.78 is 18.5. The first-order chi connectivity index (χ1) is 10.7. The summed E-state index contributed by atoms with van der Waals surface area (Å²) in [5, 5.41) is 0. The highest BCUT2D eigenvalue weighted by atomic mass is 32.2. The highest BCUT2D eigenvalue weighted by molar-refractivity contribution is 7.91. The Morgan fingerprint density at radius 1 is 1.23 bits per heavy atom. The lowest BCUT2D eigenvalue weighted by Crippen LogP contribution is -2.21. The third kappa shape index (κ3) is 2.76. The smallest absolute Gasteiger partial charge is 0.426 e. The van der Waals surface area contributed by atoms with Gasteiger partial charge in [-0.3, -0.25) is 0 Å². The van der Waals surface area contributed by atoms with Crippen molar-refractivity contribution in [3.8, 4) is 0 Å². The molecule has 0 radical (unpaired) electrons. The molecule has 6 nitrogen and oxygen atoms in total. The topological polar surface area (TPSA) is 79.2 Å². The summed E-state index contributed by atoms with van der Waals surface area (Å²) >= 11 is -1.27. The number of nitrogens with zero attached hydrogens (tertiary/aromatic N) is 2. The van der Waals surface area contributed by atoms with Crippen LogP contribution in [0.1, 0.15) is 0 Å². The number of rotatable bonds is 3. The molecule has 1 amide bonds. The molecule has 0 fully saturated rings. The predicted molar refractivity (Wildman–Crippen MR) is 82.6 cm³/mol. The summed E-state index contributed by atoms with van der Waals surface area (Å²) in [6.07, 6.45) is 0.882. The maximum Gasteiger partial charge on any atom is 0.426 e. The van der Waals surface area contributed by atoms with Gasteiger partial charge in [-0.15, -0.1) is 0 Å². The number of hydrogen-bond acceptors (Lipinski definition) is 4. The van der Waals surface area contributed by atoms with E-state index in [-0.39, 0.29) is 0 Å². The summed E-state index contributed by atoms with van der Waals surface area (Å²) in [5.74, 6) is 0. The Bertz CT molecular complexity index is 804. The molecule has 1 aromatic heterocycles. The molecule has 0 spiro atoms. The third-order valence-corrected chi connectivity index (χ3v) is 4.47. The first kappa shape index (κ1) is 14.4. The second kappa shape index (κ2) is 6.08. The first-order valence-electron chi connectivity index (χ1n) is 6.48. The number of imidazole rings is 1. The number of methoxy groups -OCH3 is 1. The fourth-order valence-corrected chi connectivity index (χ4v) is 3.11. The number of nitrogens with one attached hydrogen (secondary N) is 1. The van der Waals surface area contributed by atoms with Crippen LogP contribution in [0.5, 0.6) is 0 Å². The number of ether oxygens (including phenoxy) is 1. The number of amides is 1. The third-order valence-electron chi connectivity index (χ3n) is 3.09. The van der Waals surface area contributed by atoms with Crippen LogP contribution >= 0.6 is 0 Å². The van der Waals surface area contributed by atoms with Crippen molar-refractivity contribution in [1.82, 2.24) is 9.66 Å². The molecule has 0 aliphatic rings. The van der Waals surface area contributed by atoms with Gasteiger partial charge in [0.1, 0.15) is 6.33 Å². The number of aromatic nitrogens is 2. The van der Waals surface area contributed by atoms with Crippen molar-refractivity contribution in [3.05, 3.63) is 54.9 Å². The number of carbonyl (C=O) groups excluding carboxylic acids is 1. The van der Waals surface area contributed by atoms with Crippen LogP contribution in [0.15, 0.2) is 64.6 Å². The molecule has 0 aliphatic carbocycles. The first-order valence-corrected chi connectivity index (χ1v) is 7.63. The standard InChI is InChI=1S/C15H13N3O3S/c1-21-15(19)17-18-10-16-13-9-12(7-8-14(13)18)22(20)11-5-3-2-4-6-11/h2-10H,1H3,(H,17,19). The molecule has 3 aromatic rings. The van der Waals surface area contributed by atoms with Crippen LogP contribution in [0.4, 0.5) is 4.79 Å². The molecule has 1 heterocycles. The molecule has 0 saturated carbocycles. The minimum absolute atomic E-state index is 0.587. The van der Waals surface area contributed by atoms with Gasteiger partial charge >= 0.3 is 6.09 Å². The summed E-state index contributed by atoms with van der Waals surface area (Å²) in [6.45, 7) is 0. The summed E-state index contributed by atoms with van der Waals surface area (Å²) in [5.41, 5.74) is 3.84. The van der Waals surface area contributed by atoms with E-state index in [9.17, 15) is 9.35 Å². The fourth-order valence-electron chi connectivity index (χ4n) is 2.02. The quantitative estimate of drug-likeness (QED) is 0.753. The van der Waals surface area contributed by atoms with Crippen LogP contribution in [0, 0.1) is 0 Å². The van der Waals surface area contributed by atoms with Crippen LogP contribution in [-0.2, 0) is 15.9 Å². The molecular weight excluding hydrogens is 302 g/mol. The summed E-state index contributed by atoms with van der Waals surface area (Å²) in [4.78, 5) is 16.8. The van der Waals surface area contributed by atoms with E-state index in [2.05, 4.69) is 15.1 Å². The van der Waals surface area contributed by atoms with Gasteiger partial charge in [0.25, 0.3) is 0 Å². The zero-order valence-electron chi connectivity index (χ0n) is 11.7. The van der Waals surface area contributed by atoms with E-state index in [1.54, 1.807) is 18.2 Å². The van der Waals surface area contributed by atoms with Crippen LogP contribution in [0.2, 0.25) is 0 Å². The largest absolute Gasteiger partial charge is 0.606 e. The molecule has 1 atom stereocenters. The Morgan fingerprint density at radius 2 is 2.00 bits per heavy atom. The van der Waals surface area contributed by atoms with Crippen molar-refractivity contribution in [2.45, 2.75) is 9.79 Å². The number of hydrogen-bond donors (Lipinski definition) is 1. The van der Waals surface area contributed by atoms with E-state index in [1.165, 1.54) is 18.1 Å². The number of carbonyl (C=O) groups is 1. The van der Waals surface area contributed by atoms with Gasteiger partial charge in [0.05, 0.1) is 18.1 Å². The van der Waals surface area contributed by atoms with Crippen molar-refractivity contribution in [3.63, 3.8) is 0 Å². The second-order valence-corrected chi connectivity index (χ2v) is 5.93. The Balaban J connectivity index is 1.93. The van der Waals surface area contributed by atoms with Gasteiger partial charge in [0.2, 0.25) is 0 Å². The Labute approximate surface area is 129 Å². The second-order valence-electron chi connectivity index (χ2n) is 4.45. The monoisotopic (exact) mass is 315 g/mol. The minimum atomic E-state index is -1.27. The van der Waals surface area contributed by atoms with Gasteiger partial charge < -0.3 is 9.29 Å². The molecular formula is C15H13N3O3S. The molecule has 1 unspecified atom stereocenters. The van der Waals surface area contributed by atoms with Gasteiger partial charge in [0.15, 0.2) is 9.79 Å². The highest BCUT2D eigenvalue weighted by Gasteiger charge is 2.16. The van der Waals surface area contributed by atoms with E-state index in [0.717, 1.165) is 4.90 Å².